The SMILES string of the molecule is CC(CC(=O)O)NC(=O)c1cccc([N+](=O)[O-])c1Br. The normalized spacial score (nSPS) is 11.7. The van der Waals surface area contributed by atoms with Gasteiger partial charge in [-0.05, 0) is 28.9 Å². The largest absolute Gasteiger partial charge is 0.481 e. The number of nitrogens with one attached hydrogen (secondary N) is 1. The maximum atomic E-state index is 11.9. The van der Waals surface area contributed by atoms with E-state index in [1.54, 1.807) is 0 Å². The van der Waals surface area contributed by atoms with E-state index in [0.717, 1.165) is 0 Å². The third-order valence-electron chi connectivity index (χ3n) is 2.28. The summed E-state index contributed by atoms with van der Waals surface area (Å²) in [6.07, 6.45) is -0.224. The molecule has 0 bridgehead atoms. The van der Waals surface area contributed by atoms with E-state index in [0.29, 0.717) is 0 Å². The number of carboxylic acid groups (broad SMARTS) is 1. The molecule has 0 fully saturated rings. The van der Waals surface area contributed by atoms with Gasteiger partial charge in [0.05, 0.1) is 16.9 Å². The zero-order chi connectivity index (χ0) is 14.6. The molecule has 0 saturated carbocycles. The van der Waals surface area contributed by atoms with Gasteiger partial charge in [0, 0.05) is 12.1 Å². The summed E-state index contributed by atoms with van der Waals surface area (Å²) >= 11 is 3.00. The first-order valence-electron chi connectivity index (χ1n) is 5.28. The summed E-state index contributed by atoms with van der Waals surface area (Å²) < 4.78 is 0.0695. The van der Waals surface area contributed by atoms with Crippen LogP contribution in [0.25, 0.3) is 0 Å². The molecule has 8 heteroatoms. The number of benzene rings is 1. The van der Waals surface area contributed by atoms with Crippen LogP contribution in [0.1, 0.15) is 23.7 Å². The highest BCUT2D eigenvalue weighted by molar-refractivity contribution is 9.10. The van der Waals surface area contributed by atoms with Crippen molar-refractivity contribution in [2.24, 2.45) is 0 Å². The van der Waals surface area contributed by atoms with Gasteiger partial charge in [0.25, 0.3) is 11.6 Å². The fourth-order valence-electron chi connectivity index (χ4n) is 1.45. The summed E-state index contributed by atoms with van der Waals surface area (Å²) in [5, 5.41) is 21.8. The zero-order valence-corrected chi connectivity index (χ0v) is 11.5. The zero-order valence-electron chi connectivity index (χ0n) is 9.92. The van der Waals surface area contributed by atoms with Gasteiger partial charge in [-0.25, -0.2) is 0 Å². The Hall–Kier alpha value is -1.96. The second-order valence-electron chi connectivity index (χ2n) is 3.87. The van der Waals surface area contributed by atoms with Crippen LogP contribution in [0.4, 0.5) is 5.69 Å². The third kappa shape index (κ3) is 4.02. The molecule has 0 aliphatic carbocycles. The van der Waals surface area contributed by atoms with E-state index in [1.165, 1.54) is 25.1 Å². The van der Waals surface area contributed by atoms with Crippen molar-refractivity contribution in [1.82, 2.24) is 5.32 Å². The summed E-state index contributed by atoms with van der Waals surface area (Å²) in [7, 11) is 0. The van der Waals surface area contributed by atoms with Gasteiger partial charge in [0.1, 0.15) is 4.47 Å². The molecular weight excluding hydrogens is 320 g/mol. The van der Waals surface area contributed by atoms with Crippen LogP contribution in [0.3, 0.4) is 0 Å². The van der Waals surface area contributed by atoms with Crippen LogP contribution in [0.2, 0.25) is 0 Å². The van der Waals surface area contributed by atoms with Crippen LogP contribution in [0.15, 0.2) is 22.7 Å². The Morgan fingerprint density at radius 3 is 2.68 bits per heavy atom. The number of carboxylic acids is 1. The summed E-state index contributed by atoms with van der Waals surface area (Å²) in [6, 6.07) is 3.50. The van der Waals surface area contributed by atoms with Crippen LogP contribution in [-0.2, 0) is 4.79 Å². The van der Waals surface area contributed by atoms with Crippen LogP contribution in [0, 0.1) is 10.1 Å². The van der Waals surface area contributed by atoms with Crippen molar-refractivity contribution in [2.45, 2.75) is 19.4 Å². The van der Waals surface area contributed by atoms with E-state index in [4.69, 9.17) is 5.11 Å². The van der Waals surface area contributed by atoms with E-state index in [2.05, 4.69) is 21.2 Å². The lowest BCUT2D eigenvalue weighted by molar-refractivity contribution is -0.385. The van der Waals surface area contributed by atoms with E-state index < -0.39 is 22.8 Å². The number of rotatable bonds is 5. The number of hydrogen-bond donors (Lipinski definition) is 2. The highest BCUT2D eigenvalue weighted by atomic mass is 79.9. The Balaban J connectivity index is 2.92. The van der Waals surface area contributed by atoms with Crippen molar-refractivity contribution in [1.29, 1.82) is 0 Å². The molecule has 102 valence electrons. The molecule has 0 saturated heterocycles. The first kappa shape index (κ1) is 15.1. The lowest BCUT2D eigenvalue weighted by Gasteiger charge is -2.12. The molecule has 0 radical (unpaired) electrons. The van der Waals surface area contributed by atoms with Crippen molar-refractivity contribution in [3.05, 3.63) is 38.3 Å². The van der Waals surface area contributed by atoms with E-state index in [1.807, 2.05) is 0 Å². The topological polar surface area (TPSA) is 110 Å². The molecule has 0 aliphatic rings. The number of aliphatic carboxylic acids is 1. The second kappa shape index (κ2) is 6.28. The third-order valence-corrected chi connectivity index (χ3v) is 3.11. The number of halogens is 1. The van der Waals surface area contributed by atoms with Gasteiger partial charge in [-0.3, -0.25) is 19.7 Å². The molecule has 2 N–H and O–H groups in total. The van der Waals surface area contributed by atoms with Gasteiger partial charge in [0.2, 0.25) is 0 Å². The lowest BCUT2D eigenvalue weighted by atomic mass is 10.1. The minimum atomic E-state index is -1.04. The molecule has 1 amide bonds. The fourth-order valence-corrected chi connectivity index (χ4v) is 2.04. The average Bonchev–Trinajstić information content (AvgIpc) is 2.27. The number of nitro groups is 1. The summed E-state index contributed by atoms with van der Waals surface area (Å²) in [5.41, 5.74) is -0.134. The first-order chi connectivity index (χ1) is 8.82. The molecule has 0 aromatic heterocycles. The highest BCUT2D eigenvalue weighted by Crippen LogP contribution is 2.28. The molecule has 7 nitrogen and oxygen atoms in total. The van der Waals surface area contributed by atoms with Crippen molar-refractivity contribution < 1.29 is 19.6 Å². The minimum Gasteiger partial charge on any atom is -0.481 e. The molecule has 0 aliphatic heterocycles. The van der Waals surface area contributed by atoms with E-state index in [9.17, 15) is 19.7 Å². The van der Waals surface area contributed by atoms with Crippen molar-refractivity contribution in [3.8, 4) is 0 Å². The number of nitrogens with zero attached hydrogens (tertiary/aromatic N) is 1. The molecule has 1 atom stereocenters. The van der Waals surface area contributed by atoms with Crippen LogP contribution in [0.5, 0.6) is 0 Å². The molecular formula is C11H11BrN2O5. The van der Waals surface area contributed by atoms with Gasteiger partial charge in [0.15, 0.2) is 0 Å². The highest BCUT2D eigenvalue weighted by Gasteiger charge is 2.20. The monoisotopic (exact) mass is 330 g/mol. The number of carbonyl (C=O) groups is 2. The number of nitro benzene ring substituents is 1. The first-order valence-corrected chi connectivity index (χ1v) is 6.07. The Kier molecular flexibility index (Phi) is 4.99. The molecule has 1 rings (SSSR count). The Labute approximate surface area is 116 Å². The predicted octanol–water partition coefficient (Wildman–Crippen LogP) is 1.95. The van der Waals surface area contributed by atoms with Gasteiger partial charge in [-0.1, -0.05) is 6.07 Å². The molecule has 19 heavy (non-hydrogen) atoms. The van der Waals surface area contributed by atoms with Gasteiger partial charge in [-0.2, -0.15) is 0 Å². The summed E-state index contributed by atoms with van der Waals surface area (Å²) in [5.74, 6) is -1.60. The summed E-state index contributed by atoms with van der Waals surface area (Å²) in [4.78, 5) is 32.5. The van der Waals surface area contributed by atoms with Crippen LogP contribution < -0.4 is 5.32 Å². The van der Waals surface area contributed by atoms with Crippen molar-refractivity contribution >= 4 is 33.5 Å². The molecule has 0 heterocycles. The Morgan fingerprint density at radius 1 is 1.53 bits per heavy atom. The maximum Gasteiger partial charge on any atom is 0.305 e. The quantitative estimate of drug-likeness (QED) is 0.633. The smallest absolute Gasteiger partial charge is 0.305 e. The van der Waals surface area contributed by atoms with Gasteiger partial charge < -0.3 is 10.4 Å². The molecule has 1 aromatic carbocycles. The minimum absolute atomic E-state index is 0.0695. The van der Waals surface area contributed by atoms with E-state index in [-0.39, 0.29) is 22.1 Å². The predicted molar refractivity (Wildman–Crippen MR) is 70.0 cm³/mol. The number of hydrogen-bond acceptors (Lipinski definition) is 4. The van der Waals surface area contributed by atoms with Crippen molar-refractivity contribution in [2.75, 3.05) is 0 Å². The van der Waals surface area contributed by atoms with E-state index >= 15 is 0 Å². The Bertz CT molecular complexity index is 532. The lowest BCUT2D eigenvalue weighted by Crippen LogP contribution is -2.34. The number of carbonyl (C=O) groups excluding carboxylic acids is 1. The van der Waals surface area contributed by atoms with Gasteiger partial charge >= 0.3 is 5.97 Å². The molecule has 1 unspecified atom stereocenters. The standard InChI is InChI=1S/C11H11BrN2O5/c1-6(5-9(15)16)13-11(17)7-3-2-4-8(10(7)12)14(18)19/h2-4,6H,5H2,1H3,(H,13,17)(H,15,16). The average molecular weight is 331 g/mol. The van der Waals surface area contributed by atoms with Gasteiger partial charge in [-0.15, -0.1) is 0 Å². The molecule has 1 aromatic rings. The van der Waals surface area contributed by atoms with Crippen LogP contribution in [-0.4, -0.2) is 27.9 Å². The van der Waals surface area contributed by atoms with Crippen molar-refractivity contribution in [3.63, 3.8) is 0 Å². The Morgan fingerprint density at radius 2 is 2.16 bits per heavy atom. The fraction of sp³-hybridized carbons (Fsp3) is 0.273. The second-order valence-corrected chi connectivity index (χ2v) is 4.66. The maximum absolute atomic E-state index is 11.9. The molecule has 0 spiro atoms. The summed E-state index contributed by atoms with van der Waals surface area (Å²) in [6.45, 7) is 1.54. The number of amides is 1. The van der Waals surface area contributed by atoms with Crippen LogP contribution >= 0.6 is 15.9 Å².